The Morgan fingerprint density at radius 3 is 2.38 bits per heavy atom. The molecule has 7 nitrogen and oxygen atoms in total. The highest BCUT2D eigenvalue weighted by Gasteiger charge is 2.69. The summed E-state index contributed by atoms with van der Waals surface area (Å²) in [6.07, 6.45) is 1.84. The number of aromatic amines is 1. The van der Waals surface area contributed by atoms with Crippen LogP contribution in [0.5, 0.6) is 0 Å². The second-order valence-electron chi connectivity index (χ2n) is 10.8. The Hall–Kier alpha value is -4.75. The molecule has 7 rings (SSSR count). The first kappa shape index (κ1) is 24.3. The molecule has 2 saturated heterocycles. The van der Waals surface area contributed by atoms with Crippen LogP contribution in [0.15, 0.2) is 97.2 Å². The molecule has 0 aliphatic carbocycles. The van der Waals surface area contributed by atoms with E-state index in [9.17, 15) is 19.5 Å². The molecule has 2 amide bonds. The van der Waals surface area contributed by atoms with Gasteiger partial charge in [0, 0.05) is 29.6 Å². The lowest BCUT2D eigenvalue weighted by atomic mass is 9.76. The van der Waals surface area contributed by atoms with Crippen molar-refractivity contribution in [3.63, 3.8) is 0 Å². The number of H-pyrrole nitrogens is 1. The fourth-order valence-electron chi connectivity index (χ4n) is 6.86. The minimum Gasteiger partial charge on any atom is -0.480 e. The van der Waals surface area contributed by atoms with Gasteiger partial charge in [-0.2, -0.15) is 0 Å². The third-order valence-electron chi connectivity index (χ3n) is 8.69. The van der Waals surface area contributed by atoms with Crippen molar-refractivity contribution >= 4 is 45.1 Å². The van der Waals surface area contributed by atoms with Gasteiger partial charge in [-0.15, -0.1) is 0 Å². The van der Waals surface area contributed by atoms with Gasteiger partial charge < -0.3 is 10.1 Å². The maximum atomic E-state index is 14.3. The number of carbonyl (C=O) groups is 3. The molecular formula is C33H27N3O4. The number of aromatic nitrogens is 1. The zero-order valence-corrected chi connectivity index (χ0v) is 21.8. The van der Waals surface area contributed by atoms with E-state index in [0.29, 0.717) is 5.69 Å². The summed E-state index contributed by atoms with van der Waals surface area (Å²) in [4.78, 5) is 46.4. The minimum absolute atomic E-state index is 0.0371. The highest BCUT2D eigenvalue weighted by molar-refractivity contribution is 6.24. The van der Waals surface area contributed by atoms with Crippen LogP contribution in [0.4, 0.5) is 5.69 Å². The molecule has 4 unspecified atom stereocenters. The Balaban J connectivity index is 1.44. The van der Waals surface area contributed by atoms with Gasteiger partial charge >= 0.3 is 5.97 Å². The predicted molar refractivity (Wildman–Crippen MR) is 153 cm³/mol. The van der Waals surface area contributed by atoms with E-state index < -0.39 is 35.3 Å². The number of aryl methyl sites for hydroxylation is 1. The number of amides is 2. The van der Waals surface area contributed by atoms with Crippen molar-refractivity contribution in [1.82, 2.24) is 10.3 Å². The fraction of sp³-hybridized carbons (Fsp3) is 0.182. The first-order chi connectivity index (χ1) is 19.4. The van der Waals surface area contributed by atoms with E-state index in [1.807, 2.05) is 85.8 Å². The smallest absolute Gasteiger partial charge is 0.325 e. The molecule has 4 aromatic carbocycles. The van der Waals surface area contributed by atoms with Crippen LogP contribution >= 0.6 is 0 Å². The summed E-state index contributed by atoms with van der Waals surface area (Å²) in [6.45, 7) is 1.85. The molecule has 0 radical (unpaired) electrons. The van der Waals surface area contributed by atoms with E-state index in [-0.39, 0.29) is 12.3 Å². The maximum absolute atomic E-state index is 14.3. The van der Waals surface area contributed by atoms with Gasteiger partial charge in [-0.3, -0.25) is 19.7 Å². The number of anilines is 1. The Kier molecular flexibility index (Phi) is 5.40. The molecule has 5 aromatic rings. The van der Waals surface area contributed by atoms with Crippen LogP contribution in [-0.4, -0.2) is 33.4 Å². The van der Waals surface area contributed by atoms with Crippen LogP contribution in [0.2, 0.25) is 0 Å². The summed E-state index contributed by atoms with van der Waals surface area (Å²) in [6, 6.07) is 27.9. The number of benzene rings is 4. The monoisotopic (exact) mass is 529 g/mol. The van der Waals surface area contributed by atoms with Gasteiger partial charge in [0.05, 0.1) is 17.5 Å². The van der Waals surface area contributed by atoms with Crippen molar-refractivity contribution in [3.8, 4) is 0 Å². The first-order valence-corrected chi connectivity index (χ1v) is 13.4. The zero-order chi connectivity index (χ0) is 27.6. The van der Waals surface area contributed by atoms with Crippen LogP contribution in [-0.2, 0) is 20.8 Å². The quantitative estimate of drug-likeness (QED) is 0.274. The molecule has 2 fully saturated rings. The number of para-hydroxylation sites is 2. The second kappa shape index (κ2) is 8.89. The molecule has 0 spiro atoms. The van der Waals surface area contributed by atoms with Crippen molar-refractivity contribution < 1.29 is 19.5 Å². The summed E-state index contributed by atoms with van der Waals surface area (Å²) in [5.41, 5.74) is 2.03. The van der Waals surface area contributed by atoms with Gasteiger partial charge in [0.25, 0.3) is 0 Å². The van der Waals surface area contributed by atoms with E-state index in [4.69, 9.17) is 0 Å². The Morgan fingerprint density at radius 1 is 0.875 bits per heavy atom. The summed E-state index contributed by atoms with van der Waals surface area (Å²) < 4.78 is 0. The summed E-state index contributed by atoms with van der Waals surface area (Å²) in [7, 11) is 0. The third kappa shape index (κ3) is 3.37. The fourth-order valence-corrected chi connectivity index (χ4v) is 6.86. The summed E-state index contributed by atoms with van der Waals surface area (Å²) in [5, 5.41) is 17.1. The SMILES string of the molecule is Cc1ccccc1N1C(=O)C2C(c3cccc4ccccc34)NC(Cc3c[nH]c4ccccc34)(C(=O)O)C2C1=O. The van der Waals surface area contributed by atoms with Gasteiger partial charge in [0.15, 0.2) is 0 Å². The highest BCUT2D eigenvalue weighted by Crippen LogP contribution is 2.52. The average molecular weight is 530 g/mol. The van der Waals surface area contributed by atoms with Gasteiger partial charge in [-0.1, -0.05) is 78.9 Å². The number of carboxylic acid groups (broad SMARTS) is 1. The van der Waals surface area contributed by atoms with E-state index in [0.717, 1.165) is 38.4 Å². The number of hydrogen-bond acceptors (Lipinski definition) is 4. The lowest BCUT2D eigenvalue weighted by Crippen LogP contribution is -2.57. The van der Waals surface area contributed by atoms with Crippen molar-refractivity contribution in [2.75, 3.05) is 4.90 Å². The van der Waals surface area contributed by atoms with Crippen LogP contribution in [0.25, 0.3) is 21.7 Å². The van der Waals surface area contributed by atoms with Crippen molar-refractivity contribution in [2.45, 2.75) is 24.9 Å². The van der Waals surface area contributed by atoms with Crippen LogP contribution < -0.4 is 10.2 Å². The van der Waals surface area contributed by atoms with Crippen molar-refractivity contribution in [3.05, 3.63) is 114 Å². The van der Waals surface area contributed by atoms with Crippen molar-refractivity contribution in [2.24, 2.45) is 11.8 Å². The molecule has 2 aliphatic rings. The lowest BCUT2D eigenvalue weighted by Gasteiger charge is -2.31. The second-order valence-corrected chi connectivity index (χ2v) is 10.8. The van der Waals surface area contributed by atoms with Crippen molar-refractivity contribution in [1.29, 1.82) is 0 Å². The van der Waals surface area contributed by atoms with Gasteiger partial charge in [-0.25, -0.2) is 4.90 Å². The molecule has 0 saturated carbocycles. The summed E-state index contributed by atoms with van der Waals surface area (Å²) >= 11 is 0. The largest absolute Gasteiger partial charge is 0.480 e. The Morgan fingerprint density at radius 2 is 1.57 bits per heavy atom. The molecule has 3 heterocycles. The molecule has 4 atom stereocenters. The van der Waals surface area contributed by atoms with E-state index in [1.165, 1.54) is 4.90 Å². The number of nitrogens with zero attached hydrogens (tertiary/aromatic N) is 1. The number of fused-ring (bicyclic) bond motifs is 3. The van der Waals surface area contributed by atoms with Crippen LogP contribution in [0.3, 0.4) is 0 Å². The highest BCUT2D eigenvalue weighted by atomic mass is 16.4. The van der Waals surface area contributed by atoms with Crippen LogP contribution in [0, 0.1) is 18.8 Å². The number of hydrogen-bond donors (Lipinski definition) is 3. The molecule has 7 heteroatoms. The standard InChI is InChI=1S/C33H27N3O4/c1-19-9-2-7-16-26(19)36-30(37)27-28(31(36)38)33(32(39)40,17-21-18-34-25-15-6-5-13-23(21)25)35-29(27)24-14-8-11-20-10-3-4-12-22(20)24/h2-16,18,27-29,34-35H,17H2,1H3,(H,39,40). The Bertz CT molecular complexity index is 1840. The molecule has 1 aromatic heterocycles. The normalized spacial score (nSPS) is 24.2. The summed E-state index contributed by atoms with van der Waals surface area (Å²) in [5.74, 6) is -4.00. The molecule has 0 bridgehead atoms. The zero-order valence-electron chi connectivity index (χ0n) is 21.8. The third-order valence-corrected chi connectivity index (χ3v) is 8.69. The number of rotatable bonds is 5. The number of aliphatic carboxylic acids is 1. The molecule has 3 N–H and O–H groups in total. The minimum atomic E-state index is -1.71. The predicted octanol–water partition coefficient (Wildman–Crippen LogP) is 5.15. The topological polar surface area (TPSA) is 102 Å². The van der Waals surface area contributed by atoms with Gasteiger partial charge in [0.1, 0.15) is 5.54 Å². The number of imide groups is 1. The Labute approximate surface area is 230 Å². The van der Waals surface area contributed by atoms with E-state index >= 15 is 0 Å². The van der Waals surface area contributed by atoms with Crippen LogP contribution in [0.1, 0.15) is 22.7 Å². The van der Waals surface area contributed by atoms with Gasteiger partial charge in [0.2, 0.25) is 11.8 Å². The molecule has 40 heavy (non-hydrogen) atoms. The van der Waals surface area contributed by atoms with E-state index in [1.54, 1.807) is 18.3 Å². The number of carbonyl (C=O) groups excluding carboxylic acids is 2. The molecule has 2 aliphatic heterocycles. The van der Waals surface area contributed by atoms with Gasteiger partial charge in [-0.05, 0) is 46.5 Å². The van der Waals surface area contributed by atoms with E-state index in [2.05, 4.69) is 10.3 Å². The maximum Gasteiger partial charge on any atom is 0.325 e. The molecule has 198 valence electrons. The number of carboxylic acids is 1. The average Bonchev–Trinajstić information content (AvgIpc) is 3.61. The lowest BCUT2D eigenvalue weighted by molar-refractivity contribution is -0.148. The number of nitrogens with one attached hydrogen (secondary N) is 2. The molecular weight excluding hydrogens is 502 g/mol. The first-order valence-electron chi connectivity index (χ1n) is 13.4.